The van der Waals surface area contributed by atoms with Gasteiger partial charge in [-0.05, 0) is 69.7 Å². The van der Waals surface area contributed by atoms with E-state index in [0.717, 1.165) is 49.2 Å². The second-order valence-electron chi connectivity index (χ2n) is 8.25. The molecular weight excluding hydrogens is 404 g/mol. The van der Waals surface area contributed by atoms with E-state index in [1.165, 1.54) is 11.1 Å². The number of nitrogens with zero attached hydrogens (tertiary/aromatic N) is 2. The molecule has 0 radical (unpaired) electrons. The molecule has 0 bridgehead atoms. The average molecular weight is 439 g/mol. The topological polar surface area (TPSA) is 40.2 Å². The first-order valence-corrected chi connectivity index (χ1v) is 11.7. The number of rotatable bonds is 11. The van der Waals surface area contributed by atoms with Crippen molar-refractivity contribution in [3.05, 3.63) is 70.9 Å². The molecule has 0 saturated carbocycles. The first-order valence-electron chi connectivity index (χ1n) is 11.3. The van der Waals surface area contributed by atoms with Crippen LogP contribution >= 0.6 is 11.6 Å². The van der Waals surface area contributed by atoms with Crippen LogP contribution in [0.1, 0.15) is 44.4 Å². The molecule has 0 fully saturated rings. The van der Waals surface area contributed by atoms with Gasteiger partial charge in [0.2, 0.25) is 0 Å². The number of benzene rings is 2. The molecule has 3 rings (SSSR count). The van der Waals surface area contributed by atoms with E-state index in [2.05, 4.69) is 72.5 Å². The Morgan fingerprint density at radius 2 is 1.77 bits per heavy atom. The average Bonchev–Trinajstić information content (AvgIpc) is 2.77. The van der Waals surface area contributed by atoms with Crippen molar-refractivity contribution < 1.29 is 0 Å². The smallest absolute Gasteiger partial charge is 0.0737 e. The van der Waals surface area contributed by atoms with E-state index >= 15 is 0 Å². The van der Waals surface area contributed by atoms with Crippen molar-refractivity contribution in [1.29, 1.82) is 0 Å². The highest BCUT2D eigenvalue weighted by Crippen LogP contribution is 2.25. The van der Waals surface area contributed by atoms with Gasteiger partial charge in [0, 0.05) is 40.9 Å². The number of nitrogens with one attached hydrogen (secondary N) is 2. The molecule has 2 aromatic carbocycles. The lowest BCUT2D eigenvalue weighted by Gasteiger charge is -2.26. The van der Waals surface area contributed by atoms with Gasteiger partial charge in [-0.3, -0.25) is 4.98 Å². The lowest BCUT2D eigenvalue weighted by molar-refractivity contribution is 0.281. The van der Waals surface area contributed by atoms with Crippen LogP contribution in [0.3, 0.4) is 0 Å². The van der Waals surface area contributed by atoms with E-state index in [4.69, 9.17) is 11.6 Å². The molecule has 31 heavy (non-hydrogen) atoms. The van der Waals surface area contributed by atoms with Crippen molar-refractivity contribution in [1.82, 2.24) is 15.2 Å². The van der Waals surface area contributed by atoms with E-state index in [0.29, 0.717) is 11.1 Å². The van der Waals surface area contributed by atoms with Crippen molar-refractivity contribution in [2.75, 3.05) is 31.5 Å². The second kappa shape index (κ2) is 11.5. The maximum atomic E-state index is 6.13. The minimum absolute atomic E-state index is 0.266. The number of hydrogen-bond acceptors (Lipinski definition) is 4. The minimum Gasteiger partial charge on any atom is -0.381 e. The van der Waals surface area contributed by atoms with Crippen LogP contribution in [0.5, 0.6) is 0 Å². The van der Waals surface area contributed by atoms with Crippen LogP contribution in [-0.2, 0) is 0 Å². The Morgan fingerprint density at radius 3 is 2.48 bits per heavy atom. The molecule has 0 saturated heterocycles. The summed E-state index contributed by atoms with van der Waals surface area (Å²) < 4.78 is 0. The Labute approximate surface area is 192 Å². The monoisotopic (exact) mass is 438 g/mol. The van der Waals surface area contributed by atoms with E-state index in [-0.39, 0.29) is 6.04 Å². The summed E-state index contributed by atoms with van der Waals surface area (Å²) in [5.41, 5.74) is 4.65. The summed E-state index contributed by atoms with van der Waals surface area (Å²) in [6.45, 7) is 13.0. The standard InChI is InChI=1S/C26H35ClN4/c1-5-31(6-2)16-14-24(21-9-7-19(3)8-10-21)29-18-20(4)30-25-13-15-28-26-17-22(27)11-12-23(25)26/h7-13,15,17,20,24,29H,5-6,14,16,18H2,1-4H3,(H,28,30). The Balaban J connectivity index is 1.66. The minimum atomic E-state index is 0.266. The predicted octanol–water partition coefficient (Wildman–Crippen LogP) is 6.06. The summed E-state index contributed by atoms with van der Waals surface area (Å²) in [6.07, 6.45) is 2.93. The second-order valence-corrected chi connectivity index (χ2v) is 8.69. The normalized spacial score (nSPS) is 13.5. The number of halogens is 1. The SMILES string of the molecule is CCN(CC)CCC(NCC(C)Nc1ccnc2cc(Cl)ccc12)c1ccc(C)cc1. The van der Waals surface area contributed by atoms with Crippen molar-refractivity contribution in [3.63, 3.8) is 0 Å². The van der Waals surface area contributed by atoms with Gasteiger partial charge in [-0.2, -0.15) is 0 Å². The summed E-state index contributed by atoms with van der Waals surface area (Å²) in [4.78, 5) is 6.93. The van der Waals surface area contributed by atoms with Gasteiger partial charge in [0.1, 0.15) is 0 Å². The molecule has 2 atom stereocenters. The zero-order valence-electron chi connectivity index (χ0n) is 19.2. The van der Waals surface area contributed by atoms with E-state index in [1.54, 1.807) is 0 Å². The number of fused-ring (bicyclic) bond motifs is 1. The zero-order valence-corrected chi connectivity index (χ0v) is 19.9. The first-order chi connectivity index (χ1) is 15.0. The summed E-state index contributed by atoms with van der Waals surface area (Å²) >= 11 is 6.13. The molecule has 0 aliphatic carbocycles. The van der Waals surface area contributed by atoms with Crippen LogP contribution in [0.25, 0.3) is 10.9 Å². The number of anilines is 1. The zero-order chi connectivity index (χ0) is 22.2. The van der Waals surface area contributed by atoms with Gasteiger partial charge >= 0.3 is 0 Å². The first kappa shape index (κ1) is 23.5. The van der Waals surface area contributed by atoms with Gasteiger partial charge in [0.05, 0.1) is 5.52 Å². The van der Waals surface area contributed by atoms with Crippen LogP contribution in [0.15, 0.2) is 54.7 Å². The molecule has 3 aromatic rings. The van der Waals surface area contributed by atoms with Crippen LogP contribution < -0.4 is 10.6 Å². The molecule has 1 aromatic heterocycles. The third kappa shape index (κ3) is 6.67. The molecular formula is C26H35ClN4. The molecule has 4 nitrogen and oxygen atoms in total. The Kier molecular flexibility index (Phi) is 8.70. The lowest BCUT2D eigenvalue weighted by atomic mass is 10.0. The Bertz CT molecular complexity index is 953. The molecule has 166 valence electrons. The summed E-state index contributed by atoms with van der Waals surface area (Å²) in [7, 11) is 0. The summed E-state index contributed by atoms with van der Waals surface area (Å²) in [5.74, 6) is 0. The van der Waals surface area contributed by atoms with Gasteiger partial charge in [-0.1, -0.05) is 55.3 Å². The number of aromatic nitrogens is 1. The molecule has 2 N–H and O–H groups in total. The summed E-state index contributed by atoms with van der Waals surface area (Å²) in [5, 5.41) is 9.26. The van der Waals surface area contributed by atoms with Crippen LogP contribution in [0.4, 0.5) is 5.69 Å². The number of hydrogen-bond donors (Lipinski definition) is 2. The number of aryl methyl sites for hydroxylation is 1. The van der Waals surface area contributed by atoms with E-state index < -0.39 is 0 Å². The highest BCUT2D eigenvalue weighted by atomic mass is 35.5. The molecule has 0 amide bonds. The third-order valence-corrected chi connectivity index (χ3v) is 6.12. The van der Waals surface area contributed by atoms with Crippen LogP contribution in [0, 0.1) is 6.92 Å². The fraction of sp³-hybridized carbons (Fsp3) is 0.423. The molecule has 0 spiro atoms. The third-order valence-electron chi connectivity index (χ3n) is 5.89. The maximum Gasteiger partial charge on any atom is 0.0737 e. The van der Waals surface area contributed by atoms with Gasteiger partial charge < -0.3 is 15.5 Å². The lowest BCUT2D eigenvalue weighted by Crippen LogP contribution is -2.35. The summed E-state index contributed by atoms with van der Waals surface area (Å²) in [6, 6.07) is 17.4. The highest BCUT2D eigenvalue weighted by Gasteiger charge is 2.15. The van der Waals surface area contributed by atoms with E-state index in [1.807, 2.05) is 30.5 Å². The predicted molar refractivity (Wildman–Crippen MR) is 134 cm³/mol. The molecule has 1 heterocycles. The molecule has 0 aliphatic rings. The van der Waals surface area contributed by atoms with Crippen molar-refractivity contribution in [2.45, 2.75) is 46.2 Å². The highest BCUT2D eigenvalue weighted by molar-refractivity contribution is 6.31. The van der Waals surface area contributed by atoms with Crippen LogP contribution in [-0.4, -0.2) is 42.1 Å². The fourth-order valence-electron chi connectivity index (χ4n) is 3.92. The van der Waals surface area contributed by atoms with Gasteiger partial charge in [0.25, 0.3) is 0 Å². The van der Waals surface area contributed by atoms with Gasteiger partial charge in [-0.25, -0.2) is 0 Å². The molecule has 2 unspecified atom stereocenters. The van der Waals surface area contributed by atoms with Gasteiger partial charge in [-0.15, -0.1) is 0 Å². The molecule has 0 aliphatic heterocycles. The van der Waals surface area contributed by atoms with Crippen molar-refractivity contribution in [3.8, 4) is 0 Å². The van der Waals surface area contributed by atoms with E-state index in [9.17, 15) is 0 Å². The Morgan fingerprint density at radius 1 is 1.03 bits per heavy atom. The van der Waals surface area contributed by atoms with Crippen molar-refractivity contribution in [2.24, 2.45) is 0 Å². The maximum absolute atomic E-state index is 6.13. The van der Waals surface area contributed by atoms with Crippen molar-refractivity contribution >= 4 is 28.2 Å². The van der Waals surface area contributed by atoms with Crippen LogP contribution in [0.2, 0.25) is 5.02 Å². The molecule has 5 heteroatoms. The fourth-order valence-corrected chi connectivity index (χ4v) is 4.09. The van der Waals surface area contributed by atoms with Gasteiger partial charge in [0.15, 0.2) is 0 Å². The quantitative estimate of drug-likeness (QED) is 0.381. The number of pyridine rings is 1. The largest absolute Gasteiger partial charge is 0.381 e. The Hall–Kier alpha value is -2.14.